The van der Waals surface area contributed by atoms with Gasteiger partial charge in [0.1, 0.15) is 13.2 Å². The van der Waals surface area contributed by atoms with Crippen molar-refractivity contribution in [2.45, 2.75) is 0 Å². The number of hydrogen-bond acceptors (Lipinski definition) is 6. The van der Waals surface area contributed by atoms with E-state index in [1.807, 2.05) is 0 Å². The van der Waals surface area contributed by atoms with E-state index in [4.69, 9.17) is 11.9 Å². The predicted molar refractivity (Wildman–Crippen MR) is 50.7 cm³/mol. The molecule has 90 valence electrons. The molecule has 2 amide bonds. The van der Waals surface area contributed by atoms with Crippen molar-refractivity contribution < 1.29 is 27.7 Å². The van der Waals surface area contributed by atoms with Crippen LogP contribution in [-0.2, 0) is 18.1 Å². The Morgan fingerprint density at radius 3 is 1.81 bits per heavy atom. The molecule has 10 heteroatoms. The second-order valence-electron chi connectivity index (χ2n) is 3.03. The van der Waals surface area contributed by atoms with Crippen LogP contribution in [0, 0.1) is 0 Å². The Morgan fingerprint density at radius 2 is 1.56 bits per heavy atom. The number of carbonyl (C=O) groups is 2. The van der Waals surface area contributed by atoms with Gasteiger partial charge in [-0.05, 0) is 0 Å². The number of ether oxygens (including phenoxy) is 2. The lowest BCUT2D eigenvalue weighted by Crippen LogP contribution is -2.33. The van der Waals surface area contributed by atoms with Crippen molar-refractivity contribution in [2.24, 2.45) is 0 Å². The fourth-order valence-corrected chi connectivity index (χ4v) is 3.49. The van der Waals surface area contributed by atoms with Crippen molar-refractivity contribution >= 4 is 31.7 Å². The van der Waals surface area contributed by atoms with Gasteiger partial charge in [0, 0.05) is 0 Å². The number of rotatable bonds is 3. The molecule has 0 aromatic heterocycles. The van der Waals surface area contributed by atoms with E-state index in [1.165, 1.54) is 0 Å². The molecule has 0 aliphatic carbocycles. The highest BCUT2D eigenvalue weighted by Gasteiger charge is 2.50. The lowest BCUT2D eigenvalue weighted by molar-refractivity contribution is 0.162. The first-order valence-electron chi connectivity index (χ1n) is 4.39. The van der Waals surface area contributed by atoms with Crippen molar-refractivity contribution in [3.8, 4) is 0 Å². The van der Waals surface area contributed by atoms with Gasteiger partial charge in [-0.25, -0.2) is 23.5 Å². The maximum absolute atomic E-state index is 12.3. The summed E-state index contributed by atoms with van der Waals surface area (Å²) in [6.07, 6.45) is -1.66. The smallest absolute Gasteiger partial charge is 0.423 e. The number of cyclic esters (lactones) is 2. The number of hydrogen-bond donors (Lipinski definition) is 0. The summed E-state index contributed by atoms with van der Waals surface area (Å²) in [5, 5.41) is 0. The third-order valence-corrected chi connectivity index (χ3v) is 4.84. The Labute approximate surface area is 95.7 Å². The summed E-state index contributed by atoms with van der Waals surface area (Å²) in [7, 11) is -3.92. The molecule has 2 aliphatic heterocycles. The van der Waals surface area contributed by atoms with Gasteiger partial charge in [0.15, 0.2) is 0 Å². The number of nitrogens with zero attached hydrogens (tertiary/aromatic N) is 2. The van der Waals surface area contributed by atoms with Crippen LogP contribution < -0.4 is 0 Å². The molecule has 16 heavy (non-hydrogen) atoms. The largest absolute Gasteiger partial charge is 0.447 e. The zero-order valence-electron chi connectivity index (χ0n) is 8.00. The maximum Gasteiger partial charge on any atom is 0.423 e. The highest BCUT2D eigenvalue weighted by atomic mass is 35.5. The van der Waals surface area contributed by atoms with Crippen LogP contribution in [0.3, 0.4) is 0 Å². The molecule has 0 bridgehead atoms. The number of carbonyl (C=O) groups excluding carboxylic acids is 2. The second-order valence-corrected chi connectivity index (χ2v) is 5.53. The molecule has 0 unspecified atom stereocenters. The lowest BCUT2D eigenvalue weighted by Gasteiger charge is -2.27. The summed E-state index contributed by atoms with van der Waals surface area (Å²) in [4.78, 5) is 22.5. The summed E-state index contributed by atoms with van der Waals surface area (Å²) >= 11 is 5.14. The second kappa shape index (κ2) is 4.12. The third kappa shape index (κ3) is 1.63. The molecule has 2 heterocycles. The molecule has 2 saturated heterocycles. The van der Waals surface area contributed by atoms with E-state index < -0.39 is 19.9 Å². The number of amides is 2. The van der Waals surface area contributed by atoms with Crippen LogP contribution in [0.5, 0.6) is 0 Å². The highest BCUT2D eigenvalue weighted by molar-refractivity contribution is 7.56. The Bertz CT molecular complexity index is 346. The van der Waals surface area contributed by atoms with Crippen LogP contribution in [0.15, 0.2) is 0 Å². The van der Waals surface area contributed by atoms with E-state index in [-0.39, 0.29) is 26.3 Å². The van der Waals surface area contributed by atoms with E-state index in [0.717, 1.165) is 9.34 Å². The van der Waals surface area contributed by atoms with E-state index in [2.05, 4.69) is 13.5 Å². The molecule has 2 rings (SSSR count). The summed E-state index contributed by atoms with van der Waals surface area (Å²) in [6, 6.07) is 0. The lowest BCUT2D eigenvalue weighted by atomic mass is 10.7. The fourth-order valence-electron chi connectivity index (χ4n) is 1.43. The molecule has 0 aromatic carbocycles. The topological polar surface area (TPSA) is 85.4 Å². The minimum atomic E-state index is -3.92. The summed E-state index contributed by atoms with van der Waals surface area (Å²) in [5.74, 6) is 0. The molecule has 0 spiro atoms. The molecule has 0 radical (unpaired) electrons. The Kier molecular flexibility index (Phi) is 2.96. The van der Waals surface area contributed by atoms with Crippen molar-refractivity contribution in [3.63, 3.8) is 0 Å². The summed E-state index contributed by atoms with van der Waals surface area (Å²) < 4.78 is 27.4. The van der Waals surface area contributed by atoms with Gasteiger partial charge in [0.25, 0.3) is 0 Å². The van der Waals surface area contributed by atoms with Crippen molar-refractivity contribution in [1.82, 2.24) is 9.34 Å². The highest BCUT2D eigenvalue weighted by Crippen LogP contribution is 2.57. The monoisotopic (exact) mass is 270 g/mol. The van der Waals surface area contributed by atoms with Crippen LogP contribution in [0.1, 0.15) is 0 Å². The van der Waals surface area contributed by atoms with Gasteiger partial charge in [-0.2, -0.15) is 4.08 Å². The Morgan fingerprint density at radius 1 is 1.12 bits per heavy atom. The molecular formula is C6H8ClN2O6P. The fraction of sp³-hybridized carbons (Fsp3) is 0.667. The van der Waals surface area contributed by atoms with Gasteiger partial charge in [-0.3, -0.25) is 0 Å². The maximum atomic E-state index is 12.3. The van der Waals surface area contributed by atoms with Gasteiger partial charge in [-0.15, -0.1) is 0 Å². The predicted octanol–water partition coefficient (Wildman–Crippen LogP) is 1.17. The van der Waals surface area contributed by atoms with E-state index in [9.17, 15) is 14.2 Å². The molecule has 2 fully saturated rings. The van der Waals surface area contributed by atoms with Gasteiger partial charge in [-0.1, -0.05) is 0 Å². The summed E-state index contributed by atoms with van der Waals surface area (Å²) in [6.45, 7) is 0.247. The van der Waals surface area contributed by atoms with E-state index >= 15 is 0 Å². The van der Waals surface area contributed by atoms with Crippen LogP contribution >= 0.6 is 19.5 Å². The molecule has 0 N–H and O–H groups in total. The normalized spacial score (nSPS) is 21.3. The van der Waals surface area contributed by atoms with Crippen LogP contribution in [0.25, 0.3) is 0 Å². The van der Waals surface area contributed by atoms with Crippen molar-refractivity contribution in [1.29, 1.82) is 0 Å². The zero-order chi connectivity index (χ0) is 11.8. The van der Waals surface area contributed by atoms with Gasteiger partial charge in [0.05, 0.1) is 25.0 Å². The van der Waals surface area contributed by atoms with Crippen molar-refractivity contribution in [3.05, 3.63) is 0 Å². The van der Waals surface area contributed by atoms with Gasteiger partial charge >= 0.3 is 19.9 Å². The van der Waals surface area contributed by atoms with Crippen LogP contribution in [0.4, 0.5) is 9.59 Å². The SMILES string of the molecule is O=C1OCCN1P(=O)(OCl)N1CCOC1=O. The molecule has 2 aliphatic rings. The molecular weight excluding hydrogens is 263 g/mol. The van der Waals surface area contributed by atoms with Crippen LogP contribution in [0.2, 0.25) is 0 Å². The average molecular weight is 271 g/mol. The Hall–Kier alpha value is -0.980. The first kappa shape index (κ1) is 11.5. The van der Waals surface area contributed by atoms with Crippen molar-refractivity contribution in [2.75, 3.05) is 26.3 Å². The molecule has 0 saturated carbocycles. The average Bonchev–Trinajstić information content (AvgIpc) is 2.86. The minimum Gasteiger partial charge on any atom is -0.447 e. The molecule has 0 atom stereocenters. The molecule has 8 nitrogen and oxygen atoms in total. The molecule has 0 aromatic rings. The van der Waals surface area contributed by atoms with E-state index in [0.29, 0.717) is 0 Å². The first-order valence-corrected chi connectivity index (χ1v) is 6.23. The van der Waals surface area contributed by atoms with Gasteiger partial charge in [0.2, 0.25) is 0 Å². The minimum absolute atomic E-state index is 0.0482. The van der Waals surface area contributed by atoms with E-state index in [1.54, 1.807) is 0 Å². The Balaban J connectivity index is 2.27. The van der Waals surface area contributed by atoms with Gasteiger partial charge < -0.3 is 9.47 Å². The zero-order valence-corrected chi connectivity index (χ0v) is 9.65. The number of halogens is 1. The van der Waals surface area contributed by atoms with Crippen LogP contribution in [-0.4, -0.2) is 47.8 Å². The quantitative estimate of drug-likeness (QED) is 0.716. The third-order valence-electron chi connectivity index (χ3n) is 2.18. The first-order chi connectivity index (χ1) is 7.59. The standard InChI is InChI=1S/C6H8ClN2O6P/c7-15-16(12,8-1-3-13-5(8)10)9-2-4-14-6(9)11/h1-4H2. The summed E-state index contributed by atoms with van der Waals surface area (Å²) in [5.41, 5.74) is 0.